The van der Waals surface area contributed by atoms with E-state index in [1.165, 1.54) is 11.1 Å². The zero-order valence-corrected chi connectivity index (χ0v) is 17.5. The zero-order chi connectivity index (χ0) is 20.5. The van der Waals surface area contributed by atoms with Crippen molar-refractivity contribution in [2.75, 3.05) is 46.1 Å². The number of aryl methyl sites for hydroxylation is 1. The van der Waals surface area contributed by atoms with Crippen molar-refractivity contribution in [2.24, 2.45) is 11.8 Å². The van der Waals surface area contributed by atoms with E-state index < -0.39 is 0 Å². The summed E-state index contributed by atoms with van der Waals surface area (Å²) in [5.74, 6) is 1.05. The highest BCUT2D eigenvalue weighted by Gasteiger charge is 2.50. The fourth-order valence-electron chi connectivity index (χ4n) is 5.39. The van der Waals surface area contributed by atoms with E-state index in [2.05, 4.69) is 46.1 Å². The second kappa shape index (κ2) is 8.49. The van der Waals surface area contributed by atoms with Gasteiger partial charge >= 0.3 is 0 Å². The Kier molecular flexibility index (Phi) is 5.58. The van der Waals surface area contributed by atoms with Crippen LogP contribution < -0.4 is 0 Å². The Bertz CT molecular complexity index is 863. The first-order valence-corrected chi connectivity index (χ1v) is 10.9. The molecule has 1 aromatic heterocycles. The summed E-state index contributed by atoms with van der Waals surface area (Å²) in [5, 5.41) is 4.23. The quantitative estimate of drug-likeness (QED) is 0.769. The first-order valence-electron chi connectivity index (χ1n) is 10.9. The van der Waals surface area contributed by atoms with Gasteiger partial charge in [0.05, 0.1) is 38.5 Å². The lowest BCUT2D eigenvalue weighted by molar-refractivity contribution is -0.133. The number of fused-ring (bicyclic) bond motifs is 1. The van der Waals surface area contributed by atoms with Crippen molar-refractivity contribution in [3.05, 3.63) is 53.9 Å². The highest BCUT2D eigenvalue weighted by Crippen LogP contribution is 2.46. The molecular formula is C23H30N4O3. The van der Waals surface area contributed by atoms with Crippen LogP contribution in [0.25, 0.3) is 0 Å². The van der Waals surface area contributed by atoms with Gasteiger partial charge in [-0.05, 0) is 30.0 Å². The summed E-state index contributed by atoms with van der Waals surface area (Å²) in [6.07, 6.45) is 3.57. The van der Waals surface area contributed by atoms with Gasteiger partial charge in [-0.2, -0.15) is 5.10 Å². The Morgan fingerprint density at radius 1 is 1.10 bits per heavy atom. The van der Waals surface area contributed by atoms with E-state index in [0.29, 0.717) is 37.6 Å². The molecule has 0 unspecified atom stereocenters. The first-order chi connectivity index (χ1) is 14.7. The Morgan fingerprint density at radius 3 is 2.63 bits per heavy atom. The molecule has 0 spiro atoms. The number of benzene rings is 1. The number of hydrogen-bond acceptors (Lipinski definition) is 5. The topological polar surface area (TPSA) is 59.8 Å². The lowest BCUT2D eigenvalue weighted by Gasteiger charge is -2.32. The SMILES string of the molecule is Cc1ccccc1[C@@H]1[C@H]2CN(C3COCCOC3)C[C@H]2CN1C(=O)Cn1cccn1. The molecule has 2 aromatic rings. The number of carbonyl (C=O) groups excluding carboxylic acids is 1. The smallest absolute Gasteiger partial charge is 0.244 e. The summed E-state index contributed by atoms with van der Waals surface area (Å²) in [5.41, 5.74) is 2.52. The number of likely N-dealkylation sites (tertiary alicyclic amines) is 2. The Labute approximate surface area is 177 Å². The number of amides is 1. The van der Waals surface area contributed by atoms with Crippen molar-refractivity contribution >= 4 is 5.91 Å². The molecule has 0 bridgehead atoms. The van der Waals surface area contributed by atoms with Crippen molar-refractivity contribution in [2.45, 2.75) is 25.6 Å². The number of nitrogens with zero attached hydrogens (tertiary/aromatic N) is 4. The van der Waals surface area contributed by atoms with Gasteiger partial charge < -0.3 is 14.4 Å². The van der Waals surface area contributed by atoms with Crippen molar-refractivity contribution < 1.29 is 14.3 Å². The third-order valence-corrected chi connectivity index (χ3v) is 6.89. The normalized spacial score (nSPS) is 27.9. The minimum Gasteiger partial charge on any atom is -0.377 e. The third kappa shape index (κ3) is 3.77. The molecule has 4 heterocycles. The molecule has 30 heavy (non-hydrogen) atoms. The zero-order valence-electron chi connectivity index (χ0n) is 17.5. The molecule has 7 nitrogen and oxygen atoms in total. The van der Waals surface area contributed by atoms with Crippen LogP contribution in [0.5, 0.6) is 0 Å². The van der Waals surface area contributed by atoms with Crippen LogP contribution in [0.1, 0.15) is 17.2 Å². The third-order valence-electron chi connectivity index (χ3n) is 6.89. The van der Waals surface area contributed by atoms with Crippen LogP contribution in [0.4, 0.5) is 0 Å². The Hall–Kier alpha value is -2.22. The summed E-state index contributed by atoms with van der Waals surface area (Å²) < 4.78 is 13.2. The van der Waals surface area contributed by atoms with Gasteiger partial charge in [-0.1, -0.05) is 24.3 Å². The van der Waals surface area contributed by atoms with Crippen molar-refractivity contribution in [3.63, 3.8) is 0 Å². The minimum atomic E-state index is 0.108. The van der Waals surface area contributed by atoms with Gasteiger partial charge in [0.25, 0.3) is 0 Å². The van der Waals surface area contributed by atoms with E-state index in [0.717, 1.165) is 32.8 Å². The summed E-state index contributed by atoms with van der Waals surface area (Å²) in [7, 11) is 0. The molecule has 3 saturated heterocycles. The highest BCUT2D eigenvalue weighted by molar-refractivity contribution is 5.77. The average molecular weight is 411 g/mol. The van der Waals surface area contributed by atoms with Gasteiger partial charge in [-0.15, -0.1) is 0 Å². The molecule has 3 aliphatic rings. The molecule has 3 fully saturated rings. The number of hydrogen-bond donors (Lipinski definition) is 0. The van der Waals surface area contributed by atoms with Gasteiger partial charge in [-0.25, -0.2) is 0 Å². The van der Waals surface area contributed by atoms with Crippen LogP contribution in [0.3, 0.4) is 0 Å². The summed E-state index contributed by atoms with van der Waals surface area (Å²) in [4.78, 5) is 17.9. The van der Waals surface area contributed by atoms with Crippen molar-refractivity contribution in [1.82, 2.24) is 19.6 Å². The lowest BCUT2D eigenvalue weighted by atomic mass is 9.87. The standard InChI is InChI=1S/C23H30N4O3/c1-17-5-2-3-6-20(17)23-21-13-25(19-15-29-9-10-30-16-19)11-18(21)12-27(23)22(28)14-26-8-4-7-24-26/h2-8,18-19,21,23H,9-16H2,1H3/t18-,21-,23+/m0/s1. The lowest BCUT2D eigenvalue weighted by Crippen LogP contribution is -2.43. The van der Waals surface area contributed by atoms with E-state index in [9.17, 15) is 4.79 Å². The van der Waals surface area contributed by atoms with E-state index in [4.69, 9.17) is 9.47 Å². The van der Waals surface area contributed by atoms with Crippen LogP contribution in [0, 0.1) is 18.8 Å². The molecule has 3 atom stereocenters. The molecule has 160 valence electrons. The van der Waals surface area contributed by atoms with Gasteiger partial charge in [0.15, 0.2) is 0 Å². The van der Waals surface area contributed by atoms with Crippen LogP contribution in [-0.4, -0.2) is 77.6 Å². The molecule has 3 aliphatic heterocycles. The van der Waals surface area contributed by atoms with E-state index >= 15 is 0 Å². The maximum absolute atomic E-state index is 13.3. The van der Waals surface area contributed by atoms with E-state index in [1.54, 1.807) is 10.9 Å². The predicted octanol–water partition coefficient (Wildman–Crippen LogP) is 1.74. The Morgan fingerprint density at radius 2 is 1.90 bits per heavy atom. The van der Waals surface area contributed by atoms with Crippen molar-refractivity contribution in [1.29, 1.82) is 0 Å². The molecule has 7 heteroatoms. The minimum absolute atomic E-state index is 0.108. The predicted molar refractivity (Wildman–Crippen MR) is 112 cm³/mol. The maximum atomic E-state index is 13.3. The summed E-state index contributed by atoms with van der Waals surface area (Å²) in [6.45, 7) is 8.04. The molecule has 5 rings (SSSR count). The van der Waals surface area contributed by atoms with Crippen molar-refractivity contribution in [3.8, 4) is 0 Å². The number of aromatic nitrogens is 2. The monoisotopic (exact) mass is 410 g/mol. The molecular weight excluding hydrogens is 380 g/mol. The van der Waals surface area contributed by atoms with Crippen LogP contribution >= 0.6 is 0 Å². The van der Waals surface area contributed by atoms with Crippen LogP contribution in [0.15, 0.2) is 42.7 Å². The van der Waals surface area contributed by atoms with Crippen LogP contribution in [-0.2, 0) is 20.8 Å². The molecule has 1 amide bonds. The van der Waals surface area contributed by atoms with Gasteiger partial charge in [0.1, 0.15) is 6.54 Å². The first kappa shape index (κ1) is 19.7. The second-order valence-electron chi connectivity index (χ2n) is 8.73. The van der Waals surface area contributed by atoms with Gasteiger partial charge in [-0.3, -0.25) is 14.4 Å². The molecule has 1 aromatic carbocycles. The number of carbonyl (C=O) groups is 1. The molecule has 0 saturated carbocycles. The van der Waals surface area contributed by atoms with E-state index in [-0.39, 0.29) is 11.9 Å². The molecule has 0 N–H and O–H groups in total. The average Bonchev–Trinajstić information content (AvgIpc) is 3.41. The molecule has 0 radical (unpaired) electrons. The number of ether oxygens (including phenoxy) is 2. The fourth-order valence-corrected chi connectivity index (χ4v) is 5.39. The largest absolute Gasteiger partial charge is 0.377 e. The van der Waals surface area contributed by atoms with Gasteiger partial charge in [0.2, 0.25) is 5.91 Å². The maximum Gasteiger partial charge on any atom is 0.244 e. The highest BCUT2D eigenvalue weighted by atomic mass is 16.5. The summed E-state index contributed by atoms with van der Waals surface area (Å²) in [6, 6.07) is 10.8. The second-order valence-corrected chi connectivity index (χ2v) is 8.73. The fraction of sp³-hybridized carbons (Fsp3) is 0.565. The number of rotatable bonds is 4. The summed E-state index contributed by atoms with van der Waals surface area (Å²) >= 11 is 0. The molecule has 0 aliphatic carbocycles. The Balaban J connectivity index is 1.39. The van der Waals surface area contributed by atoms with E-state index in [1.807, 2.05) is 12.3 Å². The van der Waals surface area contributed by atoms with Crippen LogP contribution in [0.2, 0.25) is 0 Å². The van der Waals surface area contributed by atoms with Gasteiger partial charge in [0, 0.05) is 37.9 Å².